The van der Waals surface area contributed by atoms with Crippen molar-refractivity contribution in [3.05, 3.63) is 59.9 Å². The second kappa shape index (κ2) is 10.7. The third-order valence-electron chi connectivity index (χ3n) is 3.43. The van der Waals surface area contributed by atoms with E-state index in [1.165, 1.54) is 31.0 Å². The van der Waals surface area contributed by atoms with Crippen LogP contribution in [0, 0.1) is 0 Å². The Labute approximate surface area is 154 Å². The maximum atomic E-state index is 12.0. The summed E-state index contributed by atoms with van der Waals surface area (Å²) in [7, 11) is 0. The summed E-state index contributed by atoms with van der Waals surface area (Å²) in [4.78, 5) is 15.9. The van der Waals surface area contributed by atoms with Gasteiger partial charge < -0.3 is 5.32 Å². The Balaban J connectivity index is 0.00000288. The zero-order valence-electron chi connectivity index (χ0n) is 13.6. The molecule has 1 aromatic carbocycles. The molecule has 0 bridgehead atoms. The number of halogens is 1. The van der Waals surface area contributed by atoms with Crippen LogP contribution in [0.15, 0.2) is 48.8 Å². The Morgan fingerprint density at radius 2 is 1.92 bits per heavy atom. The molecule has 0 saturated carbocycles. The Hall–Kier alpha value is -1.98. The lowest BCUT2D eigenvalue weighted by molar-refractivity contribution is 0.0977. The van der Waals surface area contributed by atoms with Crippen molar-refractivity contribution in [3.8, 4) is 0 Å². The van der Waals surface area contributed by atoms with Crippen molar-refractivity contribution < 1.29 is 4.79 Å². The van der Waals surface area contributed by atoms with E-state index in [2.05, 4.69) is 34.7 Å². The van der Waals surface area contributed by atoms with Crippen LogP contribution in [0.3, 0.4) is 0 Å². The Morgan fingerprint density at radius 1 is 1.17 bits per heavy atom. The number of unbranched alkanes of at least 4 members (excludes halogenated alkanes) is 2. The van der Waals surface area contributed by atoms with Crippen LogP contribution in [0.5, 0.6) is 0 Å². The molecule has 6 heteroatoms. The summed E-state index contributed by atoms with van der Waals surface area (Å²) < 4.78 is 0. The molecular formula is C18H22ClN3OS. The van der Waals surface area contributed by atoms with E-state index >= 15 is 0 Å². The quantitative estimate of drug-likeness (QED) is 0.591. The molecule has 0 saturated heterocycles. The van der Waals surface area contributed by atoms with E-state index in [4.69, 9.17) is 12.2 Å². The SMILES string of the molecule is CCCCCc1ccc(NC(=S)NC(=O)c2cccnc2)cc1.Cl. The third kappa shape index (κ3) is 6.64. The lowest BCUT2D eigenvalue weighted by Crippen LogP contribution is -2.34. The first-order valence-corrected chi connectivity index (χ1v) is 8.21. The number of aromatic nitrogens is 1. The highest BCUT2D eigenvalue weighted by atomic mass is 35.5. The lowest BCUT2D eigenvalue weighted by atomic mass is 10.1. The van der Waals surface area contributed by atoms with Crippen molar-refractivity contribution in [2.24, 2.45) is 0 Å². The van der Waals surface area contributed by atoms with Crippen LogP contribution in [-0.2, 0) is 6.42 Å². The molecule has 2 aromatic rings. The zero-order valence-corrected chi connectivity index (χ0v) is 15.3. The first-order chi connectivity index (χ1) is 11.2. The molecule has 0 unspecified atom stereocenters. The van der Waals surface area contributed by atoms with Crippen molar-refractivity contribution >= 4 is 41.3 Å². The van der Waals surface area contributed by atoms with E-state index in [1.54, 1.807) is 18.3 Å². The number of hydrogen-bond acceptors (Lipinski definition) is 3. The lowest BCUT2D eigenvalue weighted by Gasteiger charge is -2.10. The number of aryl methyl sites for hydroxylation is 1. The van der Waals surface area contributed by atoms with E-state index in [-0.39, 0.29) is 23.4 Å². The van der Waals surface area contributed by atoms with Gasteiger partial charge >= 0.3 is 0 Å². The number of nitrogens with one attached hydrogen (secondary N) is 2. The molecule has 24 heavy (non-hydrogen) atoms. The summed E-state index contributed by atoms with van der Waals surface area (Å²) >= 11 is 5.17. The maximum Gasteiger partial charge on any atom is 0.258 e. The van der Waals surface area contributed by atoms with Gasteiger partial charge in [0.2, 0.25) is 0 Å². The minimum atomic E-state index is -0.271. The van der Waals surface area contributed by atoms with Crippen LogP contribution < -0.4 is 10.6 Å². The van der Waals surface area contributed by atoms with Gasteiger partial charge in [0, 0.05) is 18.1 Å². The van der Waals surface area contributed by atoms with Gasteiger partial charge in [-0.15, -0.1) is 12.4 Å². The zero-order chi connectivity index (χ0) is 16.5. The fraction of sp³-hybridized carbons (Fsp3) is 0.278. The summed E-state index contributed by atoms with van der Waals surface area (Å²) in [5, 5.41) is 5.93. The number of amides is 1. The molecule has 2 N–H and O–H groups in total. The molecule has 0 aliphatic heterocycles. The number of thiocarbonyl (C=S) groups is 1. The fourth-order valence-electron chi connectivity index (χ4n) is 2.17. The van der Waals surface area contributed by atoms with Gasteiger partial charge in [0.25, 0.3) is 5.91 Å². The highest BCUT2D eigenvalue weighted by molar-refractivity contribution is 7.80. The van der Waals surface area contributed by atoms with Crippen LogP contribution in [0.2, 0.25) is 0 Å². The standard InChI is InChI=1S/C18H21N3OS.ClH/c1-2-3-4-6-14-8-10-16(11-9-14)20-18(23)21-17(22)15-7-5-12-19-13-15;/h5,7-13H,2-4,6H2,1H3,(H2,20,21,22,23);1H. The Kier molecular flexibility index (Phi) is 8.97. The molecule has 128 valence electrons. The molecule has 0 radical (unpaired) electrons. The van der Waals surface area contributed by atoms with E-state index in [1.807, 2.05) is 12.1 Å². The van der Waals surface area contributed by atoms with Crippen LogP contribution in [0.1, 0.15) is 42.1 Å². The van der Waals surface area contributed by atoms with Crippen LogP contribution in [0.4, 0.5) is 5.69 Å². The van der Waals surface area contributed by atoms with Gasteiger partial charge in [-0.1, -0.05) is 31.9 Å². The van der Waals surface area contributed by atoms with Gasteiger partial charge in [-0.25, -0.2) is 0 Å². The molecule has 1 heterocycles. The number of carbonyl (C=O) groups is 1. The van der Waals surface area contributed by atoms with Gasteiger partial charge in [0.15, 0.2) is 5.11 Å². The molecule has 0 spiro atoms. The van der Waals surface area contributed by atoms with E-state index in [0.29, 0.717) is 5.56 Å². The van der Waals surface area contributed by atoms with Crippen molar-refractivity contribution in [1.82, 2.24) is 10.3 Å². The molecular weight excluding hydrogens is 342 g/mol. The number of anilines is 1. The van der Waals surface area contributed by atoms with Gasteiger partial charge in [-0.05, 0) is 54.9 Å². The van der Waals surface area contributed by atoms with Crippen LogP contribution in [0.25, 0.3) is 0 Å². The largest absolute Gasteiger partial charge is 0.332 e. The average molecular weight is 364 g/mol. The number of rotatable bonds is 6. The number of benzene rings is 1. The molecule has 0 aliphatic rings. The van der Waals surface area contributed by atoms with Crippen molar-refractivity contribution in [2.45, 2.75) is 32.6 Å². The fourth-order valence-corrected chi connectivity index (χ4v) is 2.38. The summed E-state index contributed by atoms with van der Waals surface area (Å²) in [6, 6.07) is 11.5. The van der Waals surface area contributed by atoms with Gasteiger partial charge in [0.1, 0.15) is 0 Å². The monoisotopic (exact) mass is 363 g/mol. The second-order valence-corrected chi connectivity index (χ2v) is 5.71. The maximum absolute atomic E-state index is 12.0. The minimum Gasteiger partial charge on any atom is -0.332 e. The van der Waals surface area contributed by atoms with Gasteiger partial charge in [-0.3, -0.25) is 15.1 Å². The number of pyridine rings is 1. The van der Waals surface area contributed by atoms with E-state index < -0.39 is 0 Å². The smallest absolute Gasteiger partial charge is 0.258 e. The van der Waals surface area contributed by atoms with Crippen molar-refractivity contribution in [3.63, 3.8) is 0 Å². The van der Waals surface area contributed by atoms with Gasteiger partial charge in [0.05, 0.1) is 5.56 Å². The minimum absolute atomic E-state index is 0. The normalized spacial score (nSPS) is 9.71. The highest BCUT2D eigenvalue weighted by Crippen LogP contribution is 2.12. The predicted octanol–water partition coefficient (Wildman–Crippen LogP) is 4.36. The topological polar surface area (TPSA) is 54.0 Å². The molecule has 0 atom stereocenters. The average Bonchev–Trinajstić information content (AvgIpc) is 2.57. The Bertz CT molecular complexity index is 647. The summed E-state index contributed by atoms with van der Waals surface area (Å²) in [5.74, 6) is -0.271. The number of hydrogen-bond donors (Lipinski definition) is 2. The van der Waals surface area contributed by atoms with Crippen molar-refractivity contribution in [2.75, 3.05) is 5.32 Å². The van der Waals surface area contributed by atoms with E-state index in [0.717, 1.165) is 12.1 Å². The molecule has 2 rings (SSSR count). The predicted molar refractivity (Wildman–Crippen MR) is 105 cm³/mol. The Morgan fingerprint density at radius 3 is 2.54 bits per heavy atom. The summed E-state index contributed by atoms with van der Waals surface area (Å²) in [5.41, 5.74) is 2.65. The van der Waals surface area contributed by atoms with Crippen molar-refractivity contribution in [1.29, 1.82) is 0 Å². The van der Waals surface area contributed by atoms with Gasteiger partial charge in [-0.2, -0.15) is 0 Å². The van der Waals surface area contributed by atoms with Crippen LogP contribution in [-0.4, -0.2) is 16.0 Å². The highest BCUT2D eigenvalue weighted by Gasteiger charge is 2.07. The van der Waals surface area contributed by atoms with E-state index in [9.17, 15) is 4.79 Å². The molecule has 1 amide bonds. The first-order valence-electron chi connectivity index (χ1n) is 7.80. The third-order valence-corrected chi connectivity index (χ3v) is 3.64. The molecule has 4 nitrogen and oxygen atoms in total. The summed E-state index contributed by atoms with van der Waals surface area (Å²) in [6.45, 7) is 2.20. The van der Waals surface area contributed by atoms with Crippen LogP contribution >= 0.6 is 24.6 Å². The molecule has 0 aliphatic carbocycles. The molecule has 1 aromatic heterocycles. The number of carbonyl (C=O) groups excluding carboxylic acids is 1. The number of nitrogens with zero attached hydrogens (tertiary/aromatic N) is 1. The first kappa shape index (κ1) is 20.1. The summed E-state index contributed by atoms with van der Waals surface area (Å²) in [6.07, 6.45) is 7.91. The second-order valence-electron chi connectivity index (χ2n) is 5.30. The molecule has 0 fully saturated rings.